The zero-order valence-corrected chi connectivity index (χ0v) is 18.6. The summed E-state index contributed by atoms with van der Waals surface area (Å²) >= 11 is 13.3. The summed E-state index contributed by atoms with van der Waals surface area (Å²) in [4.78, 5) is 26.6. The van der Waals surface area contributed by atoms with Gasteiger partial charge in [-0.2, -0.15) is 0 Å². The second-order valence-corrected chi connectivity index (χ2v) is 8.22. The van der Waals surface area contributed by atoms with Crippen molar-refractivity contribution < 1.29 is 14.0 Å². The normalized spacial score (nSPS) is 11.8. The molecule has 0 aromatic heterocycles. The highest BCUT2D eigenvalue weighted by atomic mass is 35.5. The van der Waals surface area contributed by atoms with Gasteiger partial charge in [0.2, 0.25) is 11.8 Å². The molecule has 0 radical (unpaired) electrons. The van der Waals surface area contributed by atoms with Gasteiger partial charge in [0.15, 0.2) is 0 Å². The fourth-order valence-electron chi connectivity index (χ4n) is 2.68. The second kappa shape index (κ2) is 11.4. The summed E-state index contributed by atoms with van der Waals surface area (Å²) in [7, 11) is 0. The van der Waals surface area contributed by atoms with E-state index in [9.17, 15) is 14.0 Å². The van der Waals surface area contributed by atoms with E-state index in [0.29, 0.717) is 27.9 Å². The maximum atomic E-state index is 14.1. The first-order chi connectivity index (χ1) is 13.8. The lowest BCUT2D eigenvalue weighted by molar-refractivity contribution is -0.138. The Morgan fingerprint density at radius 1 is 1.17 bits per heavy atom. The molecule has 4 nitrogen and oxygen atoms in total. The first-order valence-electron chi connectivity index (χ1n) is 9.15. The number of hydrogen-bond donors (Lipinski definition) is 1. The number of nitrogens with one attached hydrogen (secondary N) is 1. The largest absolute Gasteiger partial charge is 0.355 e. The molecule has 29 heavy (non-hydrogen) atoms. The minimum Gasteiger partial charge on any atom is -0.355 e. The maximum absolute atomic E-state index is 14.1. The van der Waals surface area contributed by atoms with Gasteiger partial charge in [0.25, 0.3) is 0 Å². The van der Waals surface area contributed by atoms with Crippen LogP contribution in [0, 0.1) is 5.82 Å². The second-order valence-electron chi connectivity index (χ2n) is 6.42. The van der Waals surface area contributed by atoms with Crippen molar-refractivity contribution >= 4 is 46.8 Å². The summed E-state index contributed by atoms with van der Waals surface area (Å²) in [6.07, 6.45) is 0. The summed E-state index contributed by atoms with van der Waals surface area (Å²) in [5, 5.41) is 3.65. The van der Waals surface area contributed by atoms with Crippen LogP contribution in [0.2, 0.25) is 10.0 Å². The molecule has 0 spiro atoms. The Morgan fingerprint density at radius 3 is 2.55 bits per heavy atom. The van der Waals surface area contributed by atoms with Crippen LogP contribution in [-0.2, 0) is 21.9 Å². The predicted molar refractivity (Wildman–Crippen MR) is 118 cm³/mol. The van der Waals surface area contributed by atoms with Crippen LogP contribution in [-0.4, -0.2) is 35.1 Å². The zero-order chi connectivity index (χ0) is 21.4. The van der Waals surface area contributed by atoms with Gasteiger partial charge in [-0.15, -0.1) is 11.8 Å². The van der Waals surface area contributed by atoms with E-state index in [4.69, 9.17) is 23.2 Å². The molecule has 0 heterocycles. The van der Waals surface area contributed by atoms with Gasteiger partial charge < -0.3 is 10.2 Å². The first kappa shape index (κ1) is 23.5. The molecule has 2 amide bonds. The third-order valence-corrected chi connectivity index (χ3v) is 6.02. The molecule has 8 heteroatoms. The number of rotatable bonds is 9. The van der Waals surface area contributed by atoms with Gasteiger partial charge in [0.05, 0.1) is 15.8 Å². The van der Waals surface area contributed by atoms with Crippen LogP contribution in [0.25, 0.3) is 0 Å². The average molecular weight is 457 g/mol. The van der Waals surface area contributed by atoms with Crippen molar-refractivity contribution in [2.75, 3.05) is 12.3 Å². The molecule has 0 saturated carbocycles. The van der Waals surface area contributed by atoms with Crippen molar-refractivity contribution in [3.05, 3.63) is 69.5 Å². The van der Waals surface area contributed by atoms with E-state index in [1.165, 1.54) is 22.7 Å². The first-order valence-corrected chi connectivity index (χ1v) is 11.1. The number of halogens is 3. The van der Waals surface area contributed by atoms with Crippen LogP contribution < -0.4 is 5.32 Å². The lowest BCUT2D eigenvalue weighted by Crippen LogP contribution is -2.48. The quantitative estimate of drug-likeness (QED) is 0.582. The highest BCUT2D eigenvalue weighted by molar-refractivity contribution is 7.99. The number of thioether (sulfide) groups is 1. The van der Waals surface area contributed by atoms with E-state index < -0.39 is 11.9 Å². The number of nitrogens with zero attached hydrogens (tertiary/aromatic N) is 1. The SMILES string of the molecule is CCNC(=O)[C@H](C)N(Cc1ccccc1F)C(=O)CSCc1ccc(Cl)c(Cl)c1. The third-order valence-electron chi connectivity index (χ3n) is 4.30. The Balaban J connectivity index is 2.07. The standard InChI is InChI=1S/C21H23Cl2FN2O2S/c1-3-25-21(28)14(2)26(11-16-6-4-5-7-19(16)24)20(27)13-29-12-15-8-9-17(22)18(23)10-15/h4-10,14H,3,11-13H2,1-2H3,(H,25,28)/t14-/m0/s1. The minimum atomic E-state index is -0.715. The van der Waals surface area contributed by atoms with Gasteiger partial charge in [0, 0.05) is 24.4 Å². The summed E-state index contributed by atoms with van der Waals surface area (Å²) < 4.78 is 14.1. The number of carbonyl (C=O) groups is 2. The molecule has 1 atom stereocenters. The lowest BCUT2D eigenvalue weighted by atomic mass is 10.1. The summed E-state index contributed by atoms with van der Waals surface area (Å²) in [5.41, 5.74) is 1.31. The van der Waals surface area contributed by atoms with E-state index in [1.807, 2.05) is 6.07 Å². The molecule has 0 aliphatic heterocycles. The molecule has 156 valence electrons. The summed E-state index contributed by atoms with van der Waals surface area (Å²) in [6, 6.07) is 10.9. The Labute approximate surface area is 184 Å². The molecular formula is C21H23Cl2FN2O2S. The number of amides is 2. The maximum Gasteiger partial charge on any atom is 0.242 e. The van der Waals surface area contributed by atoms with E-state index >= 15 is 0 Å². The molecule has 0 fully saturated rings. The van der Waals surface area contributed by atoms with E-state index in [1.54, 1.807) is 44.2 Å². The molecule has 2 aromatic rings. The van der Waals surface area contributed by atoms with Gasteiger partial charge in [-0.25, -0.2) is 4.39 Å². The number of benzene rings is 2. The van der Waals surface area contributed by atoms with Crippen LogP contribution in [0.4, 0.5) is 4.39 Å². The van der Waals surface area contributed by atoms with E-state index in [0.717, 1.165) is 5.56 Å². The third kappa shape index (κ3) is 6.91. The minimum absolute atomic E-state index is 0.0249. The van der Waals surface area contributed by atoms with Crippen molar-refractivity contribution in [1.82, 2.24) is 10.2 Å². The number of hydrogen-bond acceptors (Lipinski definition) is 3. The van der Waals surface area contributed by atoms with Crippen LogP contribution in [0.15, 0.2) is 42.5 Å². The van der Waals surface area contributed by atoms with Crippen molar-refractivity contribution in [2.24, 2.45) is 0 Å². The van der Waals surface area contributed by atoms with Crippen molar-refractivity contribution in [3.8, 4) is 0 Å². The topological polar surface area (TPSA) is 49.4 Å². The van der Waals surface area contributed by atoms with Gasteiger partial charge >= 0.3 is 0 Å². The Bertz CT molecular complexity index is 866. The highest BCUT2D eigenvalue weighted by Crippen LogP contribution is 2.25. The van der Waals surface area contributed by atoms with Gasteiger partial charge in [-0.3, -0.25) is 9.59 Å². The fraction of sp³-hybridized carbons (Fsp3) is 0.333. The van der Waals surface area contributed by atoms with Crippen molar-refractivity contribution in [2.45, 2.75) is 32.2 Å². The van der Waals surface area contributed by atoms with Crippen LogP contribution in [0.5, 0.6) is 0 Å². The van der Waals surface area contributed by atoms with Gasteiger partial charge in [-0.1, -0.05) is 47.5 Å². The van der Waals surface area contributed by atoms with Crippen LogP contribution in [0.3, 0.4) is 0 Å². The highest BCUT2D eigenvalue weighted by Gasteiger charge is 2.26. The Kier molecular flexibility index (Phi) is 9.27. The molecule has 2 aromatic carbocycles. The molecular weight excluding hydrogens is 434 g/mol. The van der Waals surface area contributed by atoms with Crippen molar-refractivity contribution in [1.29, 1.82) is 0 Å². The Morgan fingerprint density at radius 2 is 1.90 bits per heavy atom. The average Bonchev–Trinajstić information content (AvgIpc) is 2.69. The predicted octanol–water partition coefficient (Wildman–Crippen LogP) is 4.92. The van der Waals surface area contributed by atoms with Gasteiger partial charge in [0.1, 0.15) is 11.9 Å². The molecule has 1 N–H and O–H groups in total. The Hall–Kier alpha value is -1.76. The van der Waals surface area contributed by atoms with Crippen LogP contribution >= 0.6 is 35.0 Å². The lowest BCUT2D eigenvalue weighted by Gasteiger charge is -2.28. The van der Waals surface area contributed by atoms with E-state index in [2.05, 4.69) is 5.32 Å². The van der Waals surface area contributed by atoms with Crippen LogP contribution in [0.1, 0.15) is 25.0 Å². The molecule has 0 saturated heterocycles. The van der Waals surface area contributed by atoms with Gasteiger partial charge in [-0.05, 0) is 37.6 Å². The summed E-state index contributed by atoms with van der Waals surface area (Å²) in [5.74, 6) is -0.204. The molecule has 0 aliphatic carbocycles. The van der Waals surface area contributed by atoms with E-state index in [-0.39, 0.29) is 24.1 Å². The van der Waals surface area contributed by atoms with Crippen molar-refractivity contribution in [3.63, 3.8) is 0 Å². The number of carbonyl (C=O) groups excluding carboxylic acids is 2. The molecule has 2 rings (SSSR count). The molecule has 0 bridgehead atoms. The summed E-state index contributed by atoms with van der Waals surface area (Å²) in [6.45, 7) is 3.93. The molecule has 0 aliphatic rings. The smallest absolute Gasteiger partial charge is 0.242 e. The number of likely N-dealkylation sites (N-methyl/N-ethyl adjacent to an activating group) is 1. The monoisotopic (exact) mass is 456 g/mol. The fourth-order valence-corrected chi connectivity index (χ4v) is 3.86. The molecule has 0 unspecified atom stereocenters. The zero-order valence-electron chi connectivity index (χ0n) is 16.3.